The van der Waals surface area contributed by atoms with Gasteiger partial charge in [0.2, 0.25) is 0 Å². The zero-order valence-electron chi connectivity index (χ0n) is 8.99. The second-order valence-corrected chi connectivity index (χ2v) is 4.71. The van der Waals surface area contributed by atoms with Crippen LogP contribution in [0.15, 0.2) is 17.1 Å². The Morgan fingerprint density at radius 1 is 1.44 bits per heavy atom. The van der Waals surface area contributed by atoms with Crippen LogP contribution in [-0.4, -0.2) is 10.9 Å². The Morgan fingerprint density at radius 3 is 2.75 bits per heavy atom. The highest BCUT2D eigenvalue weighted by Gasteiger charge is 2.17. The maximum atomic E-state index is 11.9. The van der Waals surface area contributed by atoms with E-state index in [1.54, 1.807) is 16.8 Å². The maximum absolute atomic E-state index is 11.9. The van der Waals surface area contributed by atoms with Crippen molar-refractivity contribution in [3.8, 4) is 0 Å². The lowest BCUT2D eigenvalue weighted by atomic mass is 10.1. The van der Waals surface area contributed by atoms with Gasteiger partial charge in [0.25, 0.3) is 5.56 Å². The molecule has 0 spiro atoms. The van der Waals surface area contributed by atoms with Gasteiger partial charge in [-0.3, -0.25) is 9.59 Å². The third-order valence-corrected chi connectivity index (χ3v) is 3.53. The number of aldehydes is 1. The number of pyridine rings is 1. The van der Waals surface area contributed by atoms with Gasteiger partial charge in [-0.25, -0.2) is 0 Å². The van der Waals surface area contributed by atoms with E-state index in [0.29, 0.717) is 18.7 Å². The van der Waals surface area contributed by atoms with E-state index in [2.05, 4.69) is 0 Å². The van der Waals surface area contributed by atoms with Gasteiger partial charge < -0.3 is 4.57 Å². The molecule has 0 amide bonds. The van der Waals surface area contributed by atoms with Crippen molar-refractivity contribution in [1.29, 1.82) is 0 Å². The van der Waals surface area contributed by atoms with Crippen LogP contribution < -0.4 is 5.56 Å². The summed E-state index contributed by atoms with van der Waals surface area (Å²) in [4.78, 5) is 22.6. The molecule has 2 rings (SSSR count). The first-order valence-corrected chi connectivity index (χ1v) is 5.94. The van der Waals surface area contributed by atoms with E-state index < -0.39 is 0 Å². The molecule has 1 aromatic rings. The molecule has 4 heteroatoms. The van der Waals surface area contributed by atoms with E-state index in [4.69, 9.17) is 11.6 Å². The third kappa shape index (κ3) is 2.19. The minimum atomic E-state index is -0.269. The highest BCUT2D eigenvalue weighted by Crippen LogP contribution is 2.25. The summed E-state index contributed by atoms with van der Waals surface area (Å²) in [6.07, 6.45) is 7.05. The number of nitrogens with zero attached hydrogens (tertiary/aromatic N) is 1. The molecule has 1 aromatic heterocycles. The lowest BCUT2D eigenvalue weighted by Gasteiger charge is -2.12. The third-order valence-electron chi connectivity index (χ3n) is 3.20. The van der Waals surface area contributed by atoms with Gasteiger partial charge >= 0.3 is 0 Å². The predicted octanol–water partition coefficient (Wildman–Crippen LogP) is 2.50. The van der Waals surface area contributed by atoms with Crippen LogP contribution in [0, 0.1) is 5.92 Å². The molecule has 1 fully saturated rings. The summed E-state index contributed by atoms with van der Waals surface area (Å²) in [6.45, 7) is 0.705. The molecule has 0 unspecified atom stereocenters. The SMILES string of the molecule is O=Cc1c(Cl)ccn(CC2CCCC2)c1=O. The molecular formula is C12H14ClNO2. The molecule has 0 radical (unpaired) electrons. The monoisotopic (exact) mass is 239 g/mol. The summed E-state index contributed by atoms with van der Waals surface area (Å²) >= 11 is 5.77. The number of aromatic nitrogens is 1. The number of halogens is 1. The van der Waals surface area contributed by atoms with Crippen molar-refractivity contribution in [3.05, 3.63) is 33.2 Å². The molecule has 0 aliphatic heterocycles. The van der Waals surface area contributed by atoms with Gasteiger partial charge in [-0.1, -0.05) is 24.4 Å². The van der Waals surface area contributed by atoms with Gasteiger partial charge in [-0.05, 0) is 24.8 Å². The number of rotatable bonds is 3. The molecule has 0 atom stereocenters. The van der Waals surface area contributed by atoms with Crippen molar-refractivity contribution in [1.82, 2.24) is 4.57 Å². The van der Waals surface area contributed by atoms with E-state index in [0.717, 1.165) is 0 Å². The van der Waals surface area contributed by atoms with Crippen LogP contribution in [0.4, 0.5) is 0 Å². The van der Waals surface area contributed by atoms with Gasteiger partial charge in [-0.15, -0.1) is 0 Å². The zero-order valence-corrected chi connectivity index (χ0v) is 9.74. The summed E-state index contributed by atoms with van der Waals surface area (Å²) < 4.78 is 1.60. The standard InChI is InChI=1S/C12H14ClNO2/c13-11-5-6-14(12(16)10(11)8-15)7-9-3-1-2-4-9/h5-6,8-9H,1-4,7H2. The Morgan fingerprint density at radius 2 is 2.12 bits per heavy atom. The molecule has 0 saturated heterocycles. The molecule has 0 bridgehead atoms. The maximum Gasteiger partial charge on any atom is 0.262 e. The molecular weight excluding hydrogens is 226 g/mol. The summed E-state index contributed by atoms with van der Waals surface area (Å²) in [6, 6.07) is 1.61. The highest BCUT2D eigenvalue weighted by atomic mass is 35.5. The van der Waals surface area contributed by atoms with Gasteiger partial charge in [0.1, 0.15) is 0 Å². The number of carbonyl (C=O) groups is 1. The molecule has 1 aliphatic carbocycles. The highest BCUT2D eigenvalue weighted by molar-refractivity contribution is 6.32. The van der Waals surface area contributed by atoms with Crippen LogP contribution in [0.1, 0.15) is 36.0 Å². The summed E-state index contributed by atoms with van der Waals surface area (Å²) in [7, 11) is 0. The van der Waals surface area contributed by atoms with Gasteiger partial charge in [0.05, 0.1) is 10.6 Å². The molecule has 1 saturated carbocycles. The van der Waals surface area contributed by atoms with E-state index in [-0.39, 0.29) is 16.1 Å². The Labute approximate surface area is 99.0 Å². The first-order valence-electron chi connectivity index (χ1n) is 5.56. The van der Waals surface area contributed by atoms with Crippen molar-refractivity contribution in [2.45, 2.75) is 32.2 Å². The molecule has 1 aliphatic rings. The minimum Gasteiger partial charge on any atom is -0.315 e. The Bertz CT molecular complexity index is 447. The molecule has 3 nitrogen and oxygen atoms in total. The van der Waals surface area contributed by atoms with Crippen molar-refractivity contribution in [2.24, 2.45) is 5.92 Å². The Hall–Kier alpha value is -1.09. The summed E-state index contributed by atoms with van der Waals surface area (Å²) in [5.41, 5.74) is -0.198. The fourth-order valence-corrected chi connectivity index (χ4v) is 2.47. The van der Waals surface area contributed by atoms with Crippen molar-refractivity contribution >= 4 is 17.9 Å². The second kappa shape index (κ2) is 4.83. The first-order chi connectivity index (χ1) is 7.72. The molecule has 86 valence electrons. The van der Waals surface area contributed by atoms with Crippen LogP contribution in [0.25, 0.3) is 0 Å². The molecule has 0 aromatic carbocycles. The van der Waals surface area contributed by atoms with E-state index >= 15 is 0 Å². The molecule has 0 N–H and O–H groups in total. The van der Waals surface area contributed by atoms with Crippen molar-refractivity contribution < 1.29 is 4.79 Å². The largest absolute Gasteiger partial charge is 0.315 e. The van der Waals surface area contributed by atoms with Crippen molar-refractivity contribution in [2.75, 3.05) is 0 Å². The normalized spacial score (nSPS) is 16.6. The quantitative estimate of drug-likeness (QED) is 0.761. The zero-order chi connectivity index (χ0) is 11.5. The predicted molar refractivity (Wildman–Crippen MR) is 63.1 cm³/mol. The van der Waals surface area contributed by atoms with Crippen LogP contribution in [0.5, 0.6) is 0 Å². The second-order valence-electron chi connectivity index (χ2n) is 4.30. The summed E-state index contributed by atoms with van der Waals surface area (Å²) in [5, 5.41) is 0.239. The van der Waals surface area contributed by atoms with E-state index in [1.807, 2.05) is 0 Å². The van der Waals surface area contributed by atoms with E-state index in [9.17, 15) is 9.59 Å². The molecule has 16 heavy (non-hydrogen) atoms. The average Bonchev–Trinajstić information content (AvgIpc) is 2.76. The van der Waals surface area contributed by atoms with Gasteiger partial charge in [0.15, 0.2) is 6.29 Å². The topological polar surface area (TPSA) is 39.1 Å². The van der Waals surface area contributed by atoms with Crippen molar-refractivity contribution in [3.63, 3.8) is 0 Å². The van der Waals surface area contributed by atoms with Crippen LogP contribution >= 0.6 is 11.6 Å². The van der Waals surface area contributed by atoms with Gasteiger partial charge in [0, 0.05) is 12.7 Å². The fourth-order valence-electron chi connectivity index (χ4n) is 2.29. The first kappa shape index (κ1) is 11.4. The van der Waals surface area contributed by atoms with Crippen LogP contribution in [0.2, 0.25) is 5.02 Å². The number of carbonyl (C=O) groups excluding carboxylic acids is 1. The lowest BCUT2D eigenvalue weighted by molar-refractivity contribution is 0.112. The summed E-state index contributed by atoms with van der Waals surface area (Å²) in [5.74, 6) is 0.568. The smallest absolute Gasteiger partial charge is 0.262 e. The number of hydrogen-bond donors (Lipinski definition) is 0. The fraction of sp³-hybridized carbons (Fsp3) is 0.500. The van der Waals surface area contributed by atoms with Gasteiger partial charge in [-0.2, -0.15) is 0 Å². The van der Waals surface area contributed by atoms with Crippen LogP contribution in [0.3, 0.4) is 0 Å². The average molecular weight is 240 g/mol. The van der Waals surface area contributed by atoms with E-state index in [1.165, 1.54) is 25.7 Å². The Balaban J connectivity index is 2.27. The molecule has 1 heterocycles. The Kier molecular flexibility index (Phi) is 3.44. The number of hydrogen-bond acceptors (Lipinski definition) is 2. The van der Waals surface area contributed by atoms with Crippen LogP contribution in [-0.2, 0) is 6.54 Å². The lowest BCUT2D eigenvalue weighted by Crippen LogP contribution is -2.25. The minimum absolute atomic E-state index is 0.0714.